The first-order valence-corrected chi connectivity index (χ1v) is 8.26. The van der Waals surface area contributed by atoms with Crippen molar-refractivity contribution in [2.45, 2.75) is 38.6 Å². The minimum absolute atomic E-state index is 0.0347. The second kappa shape index (κ2) is 6.98. The minimum Gasteiger partial charge on any atom is -0.383 e. The molecule has 1 aliphatic rings. The summed E-state index contributed by atoms with van der Waals surface area (Å²) >= 11 is 1.86. The molecule has 1 N–H and O–H groups in total. The lowest BCUT2D eigenvalue weighted by atomic mass is 9.91. The molecule has 1 aromatic heterocycles. The summed E-state index contributed by atoms with van der Waals surface area (Å²) in [6, 6.07) is 0. The molecular formula is C15H27N3OS. The van der Waals surface area contributed by atoms with Crippen molar-refractivity contribution in [2.75, 3.05) is 40.4 Å². The van der Waals surface area contributed by atoms with Crippen LogP contribution in [0.1, 0.15) is 34.8 Å². The van der Waals surface area contributed by atoms with Crippen LogP contribution >= 0.6 is 11.3 Å². The molecule has 2 rings (SSSR count). The number of methoxy groups -OCH3 is 1. The predicted molar refractivity (Wildman–Crippen MR) is 84.5 cm³/mol. The van der Waals surface area contributed by atoms with Crippen molar-refractivity contribution in [3.63, 3.8) is 0 Å². The molecule has 0 amide bonds. The third-order valence-corrected chi connectivity index (χ3v) is 5.55. The first kappa shape index (κ1) is 15.9. The Morgan fingerprint density at radius 2 is 2.15 bits per heavy atom. The van der Waals surface area contributed by atoms with E-state index < -0.39 is 0 Å². The average molecular weight is 297 g/mol. The zero-order chi connectivity index (χ0) is 14.6. The molecule has 0 aromatic carbocycles. The third-order valence-electron chi connectivity index (χ3n) is 4.27. The Morgan fingerprint density at radius 1 is 1.35 bits per heavy atom. The summed E-state index contributed by atoms with van der Waals surface area (Å²) in [6.07, 6.45) is 3.50. The van der Waals surface area contributed by atoms with E-state index in [0.29, 0.717) is 0 Å². The first-order chi connectivity index (χ1) is 9.57. The summed E-state index contributed by atoms with van der Waals surface area (Å²) in [5, 5.41) is 5.01. The highest BCUT2D eigenvalue weighted by molar-refractivity contribution is 7.11. The van der Waals surface area contributed by atoms with Crippen LogP contribution in [0.25, 0.3) is 0 Å². The molecule has 20 heavy (non-hydrogen) atoms. The highest BCUT2D eigenvalue weighted by atomic mass is 32.1. The second-order valence-corrected chi connectivity index (χ2v) is 7.02. The summed E-state index contributed by atoms with van der Waals surface area (Å²) in [5.74, 6) is 0. The Balaban J connectivity index is 2.22. The van der Waals surface area contributed by atoms with Gasteiger partial charge in [-0.25, -0.2) is 4.98 Å². The van der Waals surface area contributed by atoms with Crippen LogP contribution < -0.4 is 5.32 Å². The lowest BCUT2D eigenvalue weighted by Gasteiger charge is -2.32. The molecule has 0 bridgehead atoms. The molecule has 1 fully saturated rings. The molecule has 0 spiro atoms. The molecular weight excluding hydrogens is 270 g/mol. The van der Waals surface area contributed by atoms with Crippen molar-refractivity contribution in [1.29, 1.82) is 0 Å². The van der Waals surface area contributed by atoms with Gasteiger partial charge in [-0.15, -0.1) is 11.3 Å². The maximum Gasteiger partial charge on any atom is 0.113 e. The number of ether oxygens (including phenoxy) is 1. The summed E-state index contributed by atoms with van der Waals surface area (Å²) in [6.45, 7) is 8.22. The van der Waals surface area contributed by atoms with E-state index in [9.17, 15) is 0 Å². The van der Waals surface area contributed by atoms with Gasteiger partial charge in [0, 0.05) is 25.1 Å². The summed E-state index contributed by atoms with van der Waals surface area (Å²) in [5.41, 5.74) is 1.21. The van der Waals surface area contributed by atoms with Gasteiger partial charge in [-0.05, 0) is 46.7 Å². The van der Waals surface area contributed by atoms with Crippen molar-refractivity contribution in [3.05, 3.63) is 15.6 Å². The van der Waals surface area contributed by atoms with Gasteiger partial charge < -0.3 is 15.0 Å². The fourth-order valence-corrected chi connectivity index (χ4v) is 3.94. The fraction of sp³-hybridized carbons (Fsp3) is 0.800. The lowest BCUT2D eigenvalue weighted by molar-refractivity contribution is 0.177. The largest absolute Gasteiger partial charge is 0.383 e. The molecule has 0 saturated carbocycles. The summed E-state index contributed by atoms with van der Waals surface area (Å²) < 4.78 is 5.21. The van der Waals surface area contributed by atoms with E-state index in [1.807, 2.05) is 11.3 Å². The van der Waals surface area contributed by atoms with Gasteiger partial charge in [0.05, 0.1) is 17.8 Å². The molecule has 2 heterocycles. The number of hydrogen-bond donors (Lipinski definition) is 1. The Hall–Kier alpha value is -0.490. The smallest absolute Gasteiger partial charge is 0.113 e. The van der Waals surface area contributed by atoms with Crippen molar-refractivity contribution in [1.82, 2.24) is 15.2 Å². The van der Waals surface area contributed by atoms with Crippen molar-refractivity contribution >= 4 is 11.3 Å². The van der Waals surface area contributed by atoms with E-state index in [-0.39, 0.29) is 5.54 Å². The normalized spacial score (nSPS) is 24.8. The number of likely N-dealkylation sites (tertiary alicyclic amines) is 1. The number of hydrogen-bond acceptors (Lipinski definition) is 5. The van der Waals surface area contributed by atoms with Gasteiger partial charge in [0.1, 0.15) is 5.01 Å². The average Bonchev–Trinajstić information content (AvgIpc) is 2.65. The summed E-state index contributed by atoms with van der Waals surface area (Å²) in [4.78, 5) is 8.61. The zero-order valence-electron chi connectivity index (χ0n) is 13.2. The Labute approximate surface area is 126 Å². The summed E-state index contributed by atoms with van der Waals surface area (Å²) in [7, 11) is 3.97. The molecule has 5 heteroatoms. The van der Waals surface area contributed by atoms with Crippen LogP contribution in [0.3, 0.4) is 0 Å². The van der Waals surface area contributed by atoms with E-state index >= 15 is 0 Å². The van der Waals surface area contributed by atoms with Gasteiger partial charge in [-0.3, -0.25) is 0 Å². The predicted octanol–water partition coefficient (Wildman–Crippen LogP) is 2.31. The van der Waals surface area contributed by atoms with E-state index in [0.717, 1.165) is 32.5 Å². The van der Waals surface area contributed by atoms with Gasteiger partial charge >= 0.3 is 0 Å². The van der Waals surface area contributed by atoms with E-state index in [4.69, 9.17) is 9.72 Å². The molecule has 1 aromatic rings. The fourth-order valence-electron chi connectivity index (χ4n) is 2.81. The van der Waals surface area contributed by atoms with E-state index in [1.165, 1.54) is 28.5 Å². The quantitative estimate of drug-likeness (QED) is 0.846. The lowest BCUT2D eigenvalue weighted by Crippen LogP contribution is -2.44. The van der Waals surface area contributed by atoms with Crippen LogP contribution in [0.2, 0.25) is 0 Å². The van der Waals surface area contributed by atoms with E-state index in [2.05, 4.69) is 31.1 Å². The number of nitrogens with one attached hydrogen (secondary N) is 1. The topological polar surface area (TPSA) is 37.4 Å². The van der Waals surface area contributed by atoms with Crippen molar-refractivity contribution < 1.29 is 4.74 Å². The van der Waals surface area contributed by atoms with Crippen LogP contribution in [-0.4, -0.2) is 50.3 Å². The van der Waals surface area contributed by atoms with Crippen LogP contribution in [0.15, 0.2) is 0 Å². The molecule has 4 nitrogen and oxygen atoms in total. The highest BCUT2D eigenvalue weighted by Gasteiger charge is 2.36. The van der Waals surface area contributed by atoms with Crippen LogP contribution in [0, 0.1) is 13.8 Å². The second-order valence-electron chi connectivity index (χ2n) is 5.82. The van der Waals surface area contributed by atoms with Crippen molar-refractivity contribution in [3.8, 4) is 0 Å². The minimum atomic E-state index is 0.0347. The number of nitrogens with zero attached hydrogens (tertiary/aromatic N) is 2. The molecule has 1 atom stereocenters. The molecule has 0 aliphatic carbocycles. The third kappa shape index (κ3) is 3.58. The number of rotatable bonds is 5. The monoisotopic (exact) mass is 297 g/mol. The van der Waals surface area contributed by atoms with Gasteiger partial charge in [0.15, 0.2) is 0 Å². The van der Waals surface area contributed by atoms with E-state index in [1.54, 1.807) is 7.11 Å². The molecule has 1 aliphatic heterocycles. The molecule has 1 saturated heterocycles. The maximum atomic E-state index is 5.21. The standard InChI is InChI=1S/C15H27N3OS/c1-12-13(2)20-14(17-12)15(16-8-11-19-4)6-5-9-18(3)10-7-15/h16H,5-11H2,1-4H3. The highest BCUT2D eigenvalue weighted by Crippen LogP contribution is 2.36. The Kier molecular flexibility index (Phi) is 5.55. The zero-order valence-corrected chi connectivity index (χ0v) is 14.0. The Morgan fingerprint density at radius 3 is 2.80 bits per heavy atom. The maximum absolute atomic E-state index is 5.21. The number of aromatic nitrogens is 1. The number of thiazole rings is 1. The molecule has 0 radical (unpaired) electrons. The Bertz CT molecular complexity index is 415. The number of aryl methyl sites for hydroxylation is 2. The van der Waals surface area contributed by atoms with Crippen LogP contribution in [0.4, 0.5) is 0 Å². The van der Waals surface area contributed by atoms with Gasteiger partial charge in [-0.1, -0.05) is 0 Å². The van der Waals surface area contributed by atoms with Crippen LogP contribution in [0.5, 0.6) is 0 Å². The first-order valence-electron chi connectivity index (χ1n) is 7.44. The SMILES string of the molecule is COCCNC1(c2nc(C)c(C)s2)CCCN(C)CC1. The van der Waals surface area contributed by atoms with Crippen molar-refractivity contribution in [2.24, 2.45) is 0 Å². The van der Waals surface area contributed by atoms with Gasteiger partial charge in [0.2, 0.25) is 0 Å². The van der Waals surface area contributed by atoms with Gasteiger partial charge in [0.25, 0.3) is 0 Å². The molecule has 1 unspecified atom stereocenters. The molecule has 114 valence electrons. The van der Waals surface area contributed by atoms with Crippen LogP contribution in [-0.2, 0) is 10.3 Å². The van der Waals surface area contributed by atoms with Gasteiger partial charge in [-0.2, -0.15) is 0 Å².